The van der Waals surface area contributed by atoms with Gasteiger partial charge in [-0.1, -0.05) is 12.1 Å². The molecule has 0 radical (unpaired) electrons. The van der Waals surface area contributed by atoms with Crippen molar-refractivity contribution in [3.63, 3.8) is 0 Å². The van der Waals surface area contributed by atoms with E-state index in [9.17, 15) is 10.1 Å². The van der Waals surface area contributed by atoms with Crippen molar-refractivity contribution in [2.75, 3.05) is 6.54 Å². The average Bonchev–Trinajstić information content (AvgIpc) is 2.88. The van der Waals surface area contributed by atoms with Gasteiger partial charge in [-0.25, -0.2) is 0 Å². The summed E-state index contributed by atoms with van der Waals surface area (Å²) in [5, 5.41) is 29.8. The Morgan fingerprint density at radius 1 is 1.40 bits per heavy atom. The number of nitro groups is 1. The van der Waals surface area contributed by atoms with E-state index < -0.39 is 11.0 Å². The van der Waals surface area contributed by atoms with E-state index in [2.05, 4.69) is 0 Å². The minimum Gasteiger partial charge on any atom is -0.280 e. The molecule has 0 amide bonds. The summed E-state index contributed by atoms with van der Waals surface area (Å²) < 4.78 is 0. The lowest BCUT2D eigenvalue weighted by Crippen LogP contribution is -2.23. The molecule has 0 aromatic heterocycles. The predicted molar refractivity (Wildman–Crippen MR) is 67.9 cm³/mol. The Hall–Kier alpha value is -2.48. The summed E-state index contributed by atoms with van der Waals surface area (Å²) in [5.74, 6) is 0. The van der Waals surface area contributed by atoms with Crippen LogP contribution in [0.25, 0.3) is 0 Å². The van der Waals surface area contributed by atoms with Crippen LogP contribution in [-0.4, -0.2) is 22.6 Å². The Balaban J connectivity index is 2.18. The molecular weight excluding hydrogens is 260 g/mol. The Kier molecular flexibility index (Phi) is 4.26. The molecule has 102 valence electrons. The van der Waals surface area contributed by atoms with E-state index in [4.69, 9.17) is 15.4 Å². The largest absolute Gasteiger partial charge is 0.280 e. The molecule has 1 aliphatic rings. The first kappa shape index (κ1) is 13.9. The van der Waals surface area contributed by atoms with Crippen molar-refractivity contribution in [3.05, 3.63) is 39.9 Å². The number of hydrogen-bond donors (Lipinski definition) is 0. The maximum absolute atomic E-state index is 10.6. The van der Waals surface area contributed by atoms with Crippen LogP contribution in [0.1, 0.15) is 24.4 Å². The van der Waals surface area contributed by atoms with Gasteiger partial charge < -0.3 is 0 Å². The van der Waals surface area contributed by atoms with Crippen LogP contribution in [0.2, 0.25) is 0 Å². The minimum absolute atomic E-state index is 0.0214. The van der Waals surface area contributed by atoms with Crippen molar-refractivity contribution in [3.8, 4) is 12.1 Å². The van der Waals surface area contributed by atoms with Gasteiger partial charge in [0.15, 0.2) is 6.10 Å². The van der Waals surface area contributed by atoms with Gasteiger partial charge in [0.1, 0.15) is 0 Å². The second-order valence-electron chi connectivity index (χ2n) is 4.37. The van der Waals surface area contributed by atoms with E-state index >= 15 is 0 Å². The Labute approximate surface area is 115 Å². The Morgan fingerprint density at radius 2 is 2.10 bits per heavy atom. The average molecular weight is 272 g/mol. The third kappa shape index (κ3) is 2.91. The van der Waals surface area contributed by atoms with E-state index in [0.29, 0.717) is 19.4 Å². The predicted octanol–water partition coefficient (Wildman–Crippen LogP) is 2.08. The fourth-order valence-corrected chi connectivity index (χ4v) is 2.17. The summed E-state index contributed by atoms with van der Waals surface area (Å²) in [7, 11) is 0. The molecule has 1 saturated heterocycles. The Morgan fingerprint density at radius 3 is 2.65 bits per heavy atom. The molecule has 7 heteroatoms. The standard InChI is InChI=1S/C13H12N4O3/c14-6-1-7-16-13(8-12(9-15)20-16)10-2-4-11(5-3-10)17(18)19/h2-5,12-13H,1,7-8H2/t12-,13-/m1/s1. The number of hydrogen-bond acceptors (Lipinski definition) is 6. The summed E-state index contributed by atoms with van der Waals surface area (Å²) in [4.78, 5) is 15.6. The zero-order valence-corrected chi connectivity index (χ0v) is 10.6. The lowest BCUT2D eigenvalue weighted by Gasteiger charge is -2.21. The molecular formula is C13H12N4O3. The molecule has 1 fully saturated rings. The third-order valence-electron chi connectivity index (χ3n) is 3.12. The molecule has 20 heavy (non-hydrogen) atoms. The zero-order valence-electron chi connectivity index (χ0n) is 10.6. The Bertz CT molecular complexity index is 573. The van der Waals surface area contributed by atoms with Crippen LogP contribution >= 0.6 is 0 Å². The minimum atomic E-state index is -0.547. The topological polar surface area (TPSA) is 103 Å². The highest BCUT2D eigenvalue weighted by molar-refractivity contribution is 5.34. The van der Waals surface area contributed by atoms with Crippen LogP contribution in [0.5, 0.6) is 0 Å². The van der Waals surface area contributed by atoms with Crippen molar-refractivity contribution < 1.29 is 9.76 Å². The van der Waals surface area contributed by atoms with Gasteiger partial charge in [0.2, 0.25) is 0 Å². The molecule has 1 aromatic rings. The fourth-order valence-electron chi connectivity index (χ4n) is 2.17. The van der Waals surface area contributed by atoms with Gasteiger partial charge in [-0.15, -0.1) is 0 Å². The number of hydroxylamine groups is 2. The monoisotopic (exact) mass is 272 g/mol. The summed E-state index contributed by atoms with van der Waals surface area (Å²) in [6.45, 7) is 0.399. The van der Waals surface area contributed by atoms with E-state index in [1.807, 2.05) is 12.1 Å². The number of rotatable bonds is 4. The van der Waals surface area contributed by atoms with Crippen molar-refractivity contribution >= 4 is 5.69 Å². The number of nitro benzene ring substituents is 1. The first-order valence-electron chi connectivity index (χ1n) is 6.10. The van der Waals surface area contributed by atoms with E-state index in [1.54, 1.807) is 17.2 Å². The maximum Gasteiger partial charge on any atom is 0.269 e. The maximum atomic E-state index is 10.6. The SMILES string of the molecule is N#CCCN1O[C@@H](C#N)C[C@@H]1c1ccc([N+](=O)[O-])cc1. The van der Waals surface area contributed by atoms with Crippen LogP contribution in [-0.2, 0) is 4.84 Å². The molecule has 1 aliphatic heterocycles. The molecule has 0 spiro atoms. The number of nitrogens with zero attached hydrogens (tertiary/aromatic N) is 4. The second-order valence-corrected chi connectivity index (χ2v) is 4.37. The molecule has 0 bridgehead atoms. The molecule has 2 atom stereocenters. The molecule has 0 saturated carbocycles. The summed E-state index contributed by atoms with van der Waals surface area (Å²) in [5.41, 5.74) is 0.861. The molecule has 1 heterocycles. The highest BCUT2D eigenvalue weighted by Gasteiger charge is 2.34. The van der Waals surface area contributed by atoms with Gasteiger partial charge in [-0.2, -0.15) is 15.6 Å². The molecule has 7 nitrogen and oxygen atoms in total. The van der Waals surface area contributed by atoms with Gasteiger partial charge >= 0.3 is 0 Å². The van der Waals surface area contributed by atoms with Crippen molar-refractivity contribution in [1.82, 2.24) is 5.06 Å². The fraction of sp³-hybridized carbons (Fsp3) is 0.385. The van der Waals surface area contributed by atoms with E-state index in [1.165, 1.54) is 12.1 Å². The first-order chi connectivity index (χ1) is 9.65. The smallest absolute Gasteiger partial charge is 0.269 e. The number of benzene rings is 1. The zero-order chi connectivity index (χ0) is 14.5. The highest BCUT2D eigenvalue weighted by atomic mass is 16.7. The van der Waals surface area contributed by atoms with Gasteiger partial charge in [0.25, 0.3) is 5.69 Å². The molecule has 1 aromatic carbocycles. The molecule has 0 N–H and O–H groups in total. The second kappa shape index (κ2) is 6.11. The molecule has 2 rings (SSSR count). The van der Waals surface area contributed by atoms with Crippen LogP contribution in [0, 0.1) is 32.8 Å². The summed E-state index contributed by atoms with van der Waals surface area (Å²) in [6, 6.07) is 10.1. The van der Waals surface area contributed by atoms with E-state index in [-0.39, 0.29) is 11.7 Å². The van der Waals surface area contributed by atoms with Gasteiger partial charge in [-0.05, 0) is 5.56 Å². The van der Waals surface area contributed by atoms with Crippen LogP contribution < -0.4 is 0 Å². The van der Waals surface area contributed by atoms with Crippen LogP contribution in [0.3, 0.4) is 0 Å². The van der Waals surface area contributed by atoms with Gasteiger partial charge in [-0.3, -0.25) is 15.0 Å². The van der Waals surface area contributed by atoms with Crippen molar-refractivity contribution in [2.45, 2.75) is 25.0 Å². The molecule has 0 unspecified atom stereocenters. The lowest BCUT2D eigenvalue weighted by molar-refractivity contribution is -0.384. The van der Waals surface area contributed by atoms with Crippen LogP contribution in [0.15, 0.2) is 24.3 Å². The third-order valence-corrected chi connectivity index (χ3v) is 3.12. The molecule has 0 aliphatic carbocycles. The van der Waals surface area contributed by atoms with Crippen molar-refractivity contribution in [2.24, 2.45) is 0 Å². The van der Waals surface area contributed by atoms with Gasteiger partial charge in [0.05, 0.1) is 29.5 Å². The van der Waals surface area contributed by atoms with E-state index in [0.717, 1.165) is 5.56 Å². The summed E-state index contributed by atoms with van der Waals surface area (Å²) in [6.07, 6.45) is 0.232. The number of non-ortho nitro benzene ring substituents is 1. The van der Waals surface area contributed by atoms with Crippen LogP contribution in [0.4, 0.5) is 5.69 Å². The quantitative estimate of drug-likeness (QED) is 0.614. The lowest BCUT2D eigenvalue weighted by atomic mass is 10.0. The first-order valence-corrected chi connectivity index (χ1v) is 6.10. The normalized spacial score (nSPS) is 22.1. The van der Waals surface area contributed by atoms with Gasteiger partial charge in [0, 0.05) is 25.1 Å². The number of nitriles is 2. The summed E-state index contributed by atoms with van der Waals surface area (Å²) >= 11 is 0. The highest BCUT2D eigenvalue weighted by Crippen LogP contribution is 2.34. The van der Waals surface area contributed by atoms with Crippen molar-refractivity contribution in [1.29, 1.82) is 10.5 Å².